The van der Waals surface area contributed by atoms with Crippen LogP contribution >= 0.6 is 11.3 Å². The lowest BCUT2D eigenvalue weighted by Gasteiger charge is -2.10. The van der Waals surface area contributed by atoms with Gasteiger partial charge in [-0.3, -0.25) is 4.79 Å². The van der Waals surface area contributed by atoms with Crippen molar-refractivity contribution in [2.24, 2.45) is 0 Å². The van der Waals surface area contributed by atoms with E-state index in [1.807, 2.05) is 0 Å². The van der Waals surface area contributed by atoms with Crippen LogP contribution in [0.1, 0.15) is 10.5 Å². The first-order valence-electron chi connectivity index (χ1n) is 8.29. The SMILES string of the molecule is COc1ccc(Nc2nc(C(=O)Nc3cccc(OC(F)F)c3)cs2)c(OC)c1. The Kier molecular flexibility index (Phi) is 6.45. The van der Waals surface area contributed by atoms with Crippen molar-refractivity contribution in [3.63, 3.8) is 0 Å². The topological polar surface area (TPSA) is 81.7 Å². The molecule has 3 aromatic rings. The predicted octanol–water partition coefficient (Wildman–Crippen LogP) is 4.76. The molecule has 0 saturated heterocycles. The Morgan fingerprint density at radius 1 is 1.10 bits per heavy atom. The summed E-state index contributed by atoms with van der Waals surface area (Å²) in [6.45, 7) is -2.94. The minimum absolute atomic E-state index is 0.0509. The molecule has 2 N–H and O–H groups in total. The van der Waals surface area contributed by atoms with Gasteiger partial charge in [-0.15, -0.1) is 11.3 Å². The minimum Gasteiger partial charge on any atom is -0.497 e. The van der Waals surface area contributed by atoms with E-state index in [4.69, 9.17) is 9.47 Å². The van der Waals surface area contributed by atoms with Gasteiger partial charge < -0.3 is 24.8 Å². The van der Waals surface area contributed by atoms with Gasteiger partial charge >= 0.3 is 6.61 Å². The smallest absolute Gasteiger partial charge is 0.387 e. The number of carbonyl (C=O) groups excluding carboxylic acids is 1. The molecular weight excluding hydrogens is 404 g/mol. The number of hydrogen-bond acceptors (Lipinski definition) is 7. The van der Waals surface area contributed by atoms with Crippen LogP contribution in [0.15, 0.2) is 47.8 Å². The Labute approximate surface area is 169 Å². The van der Waals surface area contributed by atoms with Crippen LogP contribution in [0.3, 0.4) is 0 Å². The highest BCUT2D eigenvalue weighted by Crippen LogP contribution is 2.32. The zero-order valence-electron chi connectivity index (χ0n) is 15.4. The maximum Gasteiger partial charge on any atom is 0.387 e. The van der Waals surface area contributed by atoms with Crippen LogP contribution in [0, 0.1) is 0 Å². The number of methoxy groups -OCH3 is 2. The van der Waals surface area contributed by atoms with E-state index in [2.05, 4.69) is 20.4 Å². The maximum atomic E-state index is 12.4. The highest BCUT2D eigenvalue weighted by Gasteiger charge is 2.14. The van der Waals surface area contributed by atoms with Gasteiger partial charge in [0.15, 0.2) is 5.13 Å². The van der Waals surface area contributed by atoms with Crippen molar-refractivity contribution in [3.8, 4) is 17.2 Å². The molecule has 1 aromatic heterocycles. The van der Waals surface area contributed by atoms with Gasteiger partial charge in [0.1, 0.15) is 22.9 Å². The van der Waals surface area contributed by atoms with Crippen LogP contribution in [0.2, 0.25) is 0 Å². The number of rotatable bonds is 8. The van der Waals surface area contributed by atoms with Crippen LogP contribution in [-0.2, 0) is 0 Å². The zero-order valence-corrected chi connectivity index (χ0v) is 16.3. The third kappa shape index (κ3) is 5.32. The number of benzene rings is 2. The Bertz CT molecular complexity index is 997. The van der Waals surface area contributed by atoms with Gasteiger partial charge in [-0.1, -0.05) is 6.07 Å². The predicted molar refractivity (Wildman–Crippen MR) is 106 cm³/mol. The molecular formula is C19H17F2N3O4S. The quantitative estimate of drug-likeness (QED) is 0.546. The van der Waals surface area contributed by atoms with E-state index >= 15 is 0 Å². The Hall–Kier alpha value is -3.40. The lowest BCUT2D eigenvalue weighted by molar-refractivity contribution is -0.0498. The molecule has 0 saturated carbocycles. The Morgan fingerprint density at radius 2 is 1.93 bits per heavy atom. The highest BCUT2D eigenvalue weighted by atomic mass is 32.1. The van der Waals surface area contributed by atoms with Crippen LogP contribution in [0.5, 0.6) is 17.2 Å². The molecule has 29 heavy (non-hydrogen) atoms. The van der Waals surface area contributed by atoms with Gasteiger partial charge in [-0.2, -0.15) is 8.78 Å². The summed E-state index contributed by atoms with van der Waals surface area (Å²) in [5, 5.41) is 7.74. The number of anilines is 3. The average molecular weight is 421 g/mol. The van der Waals surface area contributed by atoms with Crippen molar-refractivity contribution in [2.45, 2.75) is 6.61 Å². The van der Waals surface area contributed by atoms with E-state index < -0.39 is 12.5 Å². The van der Waals surface area contributed by atoms with Crippen LogP contribution in [0.25, 0.3) is 0 Å². The second kappa shape index (κ2) is 9.20. The molecule has 0 aliphatic rings. The molecule has 0 spiro atoms. The molecule has 0 radical (unpaired) electrons. The van der Waals surface area contributed by atoms with E-state index in [1.165, 1.54) is 36.6 Å². The molecule has 3 rings (SSSR count). The number of carbonyl (C=O) groups is 1. The lowest BCUT2D eigenvalue weighted by Crippen LogP contribution is -2.12. The number of hydrogen-bond donors (Lipinski definition) is 2. The molecule has 0 unspecified atom stereocenters. The maximum absolute atomic E-state index is 12.4. The van der Waals surface area contributed by atoms with Gasteiger partial charge in [0, 0.05) is 23.2 Å². The van der Waals surface area contributed by atoms with Gasteiger partial charge in [0.05, 0.1) is 19.9 Å². The number of thiazole rings is 1. The summed E-state index contributed by atoms with van der Waals surface area (Å²) in [7, 11) is 3.09. The molecule has 152 valence electrons. The molecule has 1 heterocycles. The number of nitrogens with one attached hydrogen (secondary N) is 2. The summed E-state index contributed by atoms with van der Waals surface area (Å²) in [6.07, 6.45) is 0. The van der Waals surface area contributed by atoms with E-state index in [1.54, 1.807) is 36.8 Å². The first-order valence-corrected chi connectivity index (χ1v) is 9.17. The fourth-order valence-corrected chi connectivity index (χ4v) is 3.10. The minimum atomic E-state index is -2.94. The van der Waals surface area contributed by atoms with E-state index in [0.717, 1.165) is 0 Å². The highest BCUT2D eigenvalue weighted by molar-refractivity contribution is 7.14. The van der Waals surface area contributed by atoms with Gasteiger partial charge in [-0.25, -0.2) is 4.98 Å². The Morgan fingerprint density at radius 3 is 2.66 bits per heavy atom. The summed E-state index contributed by atoms with van der Waals surface area (Å²) in [5.74, 6) is 0.668. The molecule has 10 heteroatoms. The van der Waals surface area contributed by atoms with E-state index in [-0.39, 0.29) is 11.4 Å². The zero-order chi connectivity index (χ0) is 20.8. The molecule has 2 aromatic carbocycles. The van der Waals surface area contributed by atoms with Crippen molar-refractivity contribution in [3.05, 3.63) is 53.5 Å². The first-order chi connectivity index (χ1) is 14.0. The number of aromatic nitrogens is 1. The molecule has 0 aliphatic carbocycles. The van der Waals surface area contributed by atoms with Crippen molar-refractivity contribution in [1.82, 2.24) is 4.98 Å². The summed E-state index contributed by atoms with van der Waals surface area (Å²) in [5.41, 5.74) is 1.14. The number of alkyl halides is 2. The average Bonchev–Trinajstić information content (AvgIpc) is 3.17. The lowest BCUT2D eigenvalue weighted by atomic mass is 10.2. The monoisotopic (exact) mass is 421 g/mol. The fraction of sp³-hybridized carbons (Fsp3) is 0.158. The second-order valence-electron chi connectivity index (χ2n) is 5.59. The van der Waals surface area contributed by atoms with Crippen LogP contribution < -0.4 is 24.8 Å². The van der Waals surface area contributed by atoms with Gasteiger partial charge in [0.25, 0.3) is 5.91 Å². The van der Waals surface area contributed by atoms with Crippen molar-refractivity contribution >= 4 is 33.8 Å². The molecule has 0 aliphatic heterocycles. The second-order valence-corrected chi connectivity index (χ2v) is 6.45. The summed E-state index contributed by atoms with van der Waals surface area (Å²) in [6, 6.07) is 11.0. The van der Waals surface area contributed by atoms with Gasteiger partial charge in [0.2, 0.25) is 0 Å². The summed E-state index contributed by atoms with van der Waals surface area (Å²) < 4.78 is 39.4. The van der Waals surface area contributed by atoms with Crippen molar-refractivity contribution in [1.29, 1.82) is 0 Å². The molecule has 0 bridgehead atoms. The number of amides is 1. The summed E-state index contributed by atoms with van der Waals surface area (Å²) >= 11 is 1.23. The number of nitrogens with zero attached hydrogens (tertiary/aromatic N) is 1. The van der Waals surface area contributed by atoms with Crippen molar-refractivity contribution < 1.29 is 27.8 Å². The van der Waals surface area contributed by atoms with E-state index in [0.29, 0.717) is 28.0 Å². The third-order valence-electron chi connectivity index (χ3n) is 3.70. The van der Waals surface area contributed by atoms with E-state index in [9.17, 15) is 13.6 Å². The van der Waals surface area contributed by atoms with Crippen molar-refractivity contribution in [2.75, 3.05) is 24.9 Å². The first kappa shape index (κ1) is 20.3. The van der Waals surface area contributed by atoms with Crippen LogP contribution in [-0.4, -0.2) is 31.7 Å². The normalized spacial score (nSPS) is 10.5. The molecule has 1 amide bonds. The third-order valence-corrected chi connectivity index (χ3v) is 4.46. The summed E-state index contributed by atoms with van der Waals surface area (Å²) in [4.78, 5) is 16.6. The molecule has 0 fully saturated rings. The number of ether oxygens (including phenoxy) is 3. The molecule has 7 nitrogen and oxygen atoms in total. The van der Waals surface area contributed by atoms with Crippen LogP contribution in [0.4, 0.5) is 25.3 Å². The Balaban J connectivity index is 1.69. The van der Waals surface area contributed by atoms with Gasteiger partial charge in [-0.05, 0) is 24.3 Å². The largest absolute Gasteiger partial charge is 0.497 e. The number of halogens is 2. The molecule has 0 atom stereocenters. The standard InChI is InChI=1S/C19H17F2N3O4S/c1-26-12-6-7-14(16(9-12)27-2)23-19-24-15(10-29-19)17(25)22-11-4-3-5-13(8-11)28-18(20)21/h3-10,18H,1-2H3,(H,22,25)(H,23,24). The fourth-order valence-electron chi connectivity index (χ4n) is 2.40.